The number of nitrogens with one attached hydrogen (secondary N) is 2. The molecule has 0 aliphatic heterocycles. The lowest BCUT2D eigenvalue weighted by molar-refractivity contribution is -0.142. The Morgan fingerprint density at radius 2 is 2.14 bits per heavy atom. The van der Waals surface area contributed by atoms with E-state index >= 15 is 0 Å². The quantitative estimate of drug-likeness (QED) is 0.481. The first-order valence-corrected chi connectivity index (χ1v) is 7.02. The van der Waals surface area contributed by atoms with E-state index in [-0.39, 0.29) is 12.8 Å². The van der Waals surface area contributed by atoms with Crippen molar-refractivity contribution in [2.75, 3.05) is 13.7 Å². The van der Waals surface area contributed by atoms with Gasteiger partial charge in [0.2, 0.25) is 0 Å². The summed E-state index contributed by atoms with van der Waals surface area (Å²) in [6.45, 7) is 0.513. The van der Waals surface area contributed by atoms with Gasteiger partial charge in [-0.25, -0.2) is 9.59 Å². The normalized spacial score (nSPS) is 18.6. The zero-order valence-corrected chi connectivity index (χ0v) is 12.1. The summed E-state index contributed by atoms with van der Waals surface area (Å²) in [5.41, 5.74) is 0. The van der Waals surface area contributed by atoms with Crippen molar-refractivity contribution in [3.05, 3.63) is 12.2 Å². The maximum Gasteiger partial charge on any atom is 0.326 e. The van der Waals surface area contributed by atoms with Gasteiger partial charge >= 0.3 is 18.0 Å². The predicted octanol–water partition coefficient (Wildman–Crippen LogP) is 1.05. The molecule has 1 unspecified atom stereocenters. The summed E-state index contributed by atoms with van der Waals surface area (Å²) in [6, 6.07) is -1.63. The first kappa shape index (κ1) is 17.0. The highest BCUT2D eigenvalue weighted by molar-refractivity contribution is 5.83. The number of aliphatic carboxylic acids is 1. The van der Waals surface area contributed by atoms with Crippen molar-refractivity contribution in [2.45, 2.75) is 38.1 Å². The molecule has 1 aliphatic carbocycles. The van der Waals surface area contributed by atoms with Gasteiger partial charge in [0.05, 0.1) is 7.11 Å². The van der Waals surface area contributed by atoms with Crippen LogP contribution in [0.1, 0.15) is 32.1 Å². The second-order valence-electron chi connectivity index (χ2n) is 5.01. The number of allylic oxidation sites excluding steroid dienone is 2. The van der Waals surface area contributed by atoms with Crippen LogP contribution in [0.2, 0.25) is 0 Å². The fraction of sp³-hybridized carbons (Fsp3) is 0.643. The van der Waals surface area contributed by atoms with Crippen molar-refractivity contribution in [1.82, 2.24) is 10.6 Å². The molecule has 1 aliphatic rings. The van der Waals surface area contributed by atoms with Crippen LogP contribution in [-0.4, -0.2) is 42.8 Å². The van der Waals surface area contributed by atoms with Crippen molar-refractivity contribution in [1.29, 1.82) is 0 Å². The largest absolute Gasteiger partial charge is 0.480 e. The van der Waals surface area contributed by atoms with Crippen molar-refractivity contribution < 1.29 is 24.2 Å². The van der Waals surface area contributed by atoms with E-state index in [4.69, 9.17) is 5.11 Å². The lowest BCUT2D eigenvalue weighted by Crippen LogP contribution is -2.47. The number of ether oxygens (including phenoxy) is 1. The van der Waals surface area contributed by atoms with Gasteiger partial charge in [-0.15, -0.1) is 0 Å². The van der Waals surface area contributed by atoms with Crippen molar-refractivity contribution >= 4 is 18.0 Å². The molecule has 0 saturated heterocycles. The van der Waals surface area contributed by atoms with Crippen LogP contribution in [0, 0.1) is 5.92 Å². The summed E-state index contributed by atoms with van der Waals surface area (Å²) in [4.78, 5) is 33.7. The SMILES string of the molecule is COC(=O)CC[C@H](NC(=O)NCC1CC=CCC1)C(=O)O. The number of carboxylic acids is 1. The molecule has 0 aromatic heterocycles. The fourth-order valence-electron chi connectivity index (χ4n) is 2.11. The van der Waals surface area contributed by atoms with Crippen LogP contribution in [0.3, 0.4) is 0 Å². The summed E-state index contributed by atoms with van der Waals surface area (Å²) in [7, 11) is 1.23. The number of urea groups is 1. The minimum Gasteiger partial charge on any atom is -0.480 e. The Kier molecular flexibility index (Phi) is 7.28. The van der Waals surface area contributed by atoms with Crippen molar-refractivity contribution in [3.8, 4) is 0 Å². The van der Waals surface area contributed by atoms with E-state index < -0.39 is 24.0 Å². The molecule has 0 saturated carbocycles. The Balaban J connectivity index is 2.32. The number of carboxylic acid groups (broad SMARTS) is 1. The molecule has 0 aromatic rings. The molecule has 118 valence electrons. The van der Waals surface area contributed by atoms with Gasteiger partial charge in [-0.1, -0.05) is 12.2 Å². The maximum atomic E-state index is 11.7. The minimum absolute atomic E-state index is 0.00158. The topological polar surface area (TPSA) is 105 Å². The van der Waals surface area contributed by atoms with E-state index in [1.54, 1.807) is 0 Å². The standard InChI is InChI=1S/C14H22N2O5/c1-21-12(17)8-7-11(13(18)19)16-14(20)15-9-10-5-3-2-4-6-10/h2-3,10-11H,4-9H2,1H3,(H,18,19)(H2,15,16,20)/t10?,11-/m0/s1. The van der Waals surface area contributed by atoms with Gasteiger partial charge < -0.3 is 20.5 Å². The number of hydrogen-bond donors (Lipinski definition) is 3. The van der Waals surface area contributed by atoms with Gasteiger partial charge in [-0.05, 0) is 31.6 Å². The Bertz CT molecular complexity index is 408. The first-order chi connectivity index (χ1) is 10.0. The van der Waals surface area contributed by atoms with E-state index in [0.717, 1.165) is 19.3 Å². The van der Waals surface area contributed by atoms with E-state index in [9.17, 15) is 14.4 Å². The third-order valence-electron chi connectivity index (χ3n) is 3.40. The average Bonchev–Trinajstić information content (AvgIpc) is 2.49. The van der Waals surface area contributed by atoms with Crippen LogP contribution >= 0.6 is 0 Å². The molecule has 0 heterocycles. The van der Waals surface area contributed by atoms with Gasteiger partial charge in [0.1, 0.15) is 6.04 Å². The molecule has 0 bridgehead atoms. The maximum absolute atomic E-state index is 11.7. The second-order valence-corrected chi connectivity index (χ2v) is 5.01. The van der Waals surface area contributed by atoms with Crippen LogP contribution in [0.15, 0.2) is 12.2 Å². The van der Waals surface area contributed by atoms with Gasteiger partial charge in [0.25, 0.3) is 0 Å². The summed E-state index contributed by atoms with van der Waals surface area (Å²) in [5, 5.41) is 14.1. The highest BCUT2D eigenvalue weighted by atomic mass is 16.5. The molecule has 2 amide bonds. The number of esters is 1. The molecule has 0 aromatic carbocycles. The summed E-state index contributed by atoms with van der Waals surface area (Å²) >= 11 is 0. The van der Waals surface area contributed by atoms with E-state index in [0.29, 0.717) is 12.5 Å². The Labute approximate surface area is 123 Å². The lowest BCUT2D eigenvalue weighted by Gasteiger charge is -2.19. The van der Waals surface area contributed by atoms with Gasteiger partial charge in [-0.2, -0.15) is 0 Å². The van der Waals surface area contributed by atoms with Gasteiger partial charge in [-0.3, -0.25) is 4.79 Å². The molecule has 21 heavy (non-hydrogen) atoms. The third-order valence-corrected chi connectivity index (χ3v) is 3.40. The minimum atomic E-state index is -1.17. The number of carbonyl (C=O) groups is 3. The van der Waals surface area contributed by atoms with E-state index in [2.05, 4.69) is 27.5 Å². The Morgan fingerprint density at radius 3 is 2.71 bits per heavy atom. The molecule has 7 nitrogen and oxygen atoms in total. The van der Waals surface area contributed by atoms with Crippen molar-refractivity contribution in [2.24, 2.45) is 5.92 Å². The molecule has 7 heteroatoms. The monoisotopic (exact) mass is 298 g/mol. The zero-order chi connectivity index (χ0) is 15.7. The number of amides is 2. The van der Waals surface area contributed by atoms with Crippen LogP contribution < -0.4 is 10.6 Å². The van der Waals surface area contributed by atoms with Crippen molar-refractivity contribution in [3.63, 3.8) is 0 Å². The number of rotatable bonds is 7. The predicted molar refractivity (Wildman–Crippen MR) is 75.7 cm³/mol. The molecular formula is C14H22N2O5. The molecular weight excluding hydrogens is 276 g/mol. The van der Waals surface area contributed by atoms with Gasteiger partial charge in [0.15, 0.2) is 0 Å². The number of methoxy groups -OCH3 is 1. The summed E-state index contributed by atoms with van der Waals surface area (Å²) in [6.07, 6.45) is 7.09. The molecule has 0 spiro atoms. The van der Waals surface area contributed by atoms with Crippen LogP contribution in [-0.2, 0) is 14.3 Å². The van der Waals surface area contributed by atoms with E-state index in [1.165, 1.54) is 7.11 Å². The second kappa shape index (κ2) is 8.99. The summed E-state index contributed by atoms with van der Waals surface area (Å²) < 4.78 is 4.45. The highest BCUT2D eigenvalue weighted by Gasteiger charge is 2.21. The van der Waals surface area contributed by atoms with Crippen LogP contribution in [0.25, 0.3) is 0 Å². The lowest BCUT2D eigenvalue weighted by atomic mass is 9.94. The molecule has 0 fully saturated rings. The fourth-order valence-corrected chi connectivity index (χ4v) is 2.11. The average molecular weight is 298 g/mol. The molecule has 3 N–H and O–H groups in total. The molecule has 2 atom stereocenters. The molecule has 1 rings (SSSR count). The van der Waals surface area contributed by atoms with Crippen LogP contribution in [0.5, 0.6) is 0 Å². The highest BCUT2D eigenvalue weighted by Crippen LogP contribution is 2.16. The van der Waals surface area contributed by atoms with Gasteiger partial charge in [0, 0.05) is 13.0 Å². The molecule has 0 radical (unpaired) electrons. The number of carbonyl (C=O) groups excluding carboxylic acids is 2. The first-order valence-electron chi connectivity index (χ1n) is 7.02. The zero-order valence-electron chi connectivity index (χ0n) is 12.1. The number of hydrogen-bond acceptors (Lipinski definition) is 4. The van der Waals surface area contributed by atoms with Crippen LogP contribution in [0.4, 0.5) is 4.79 Å². The summed E-state index contributed by atoms with van der Waals surface area (Å²) in [5.74, 6) is -1.29. The third kappa shape index (κ3) is 6.78. The Morgan fingerprint density at radius 1 is 1.38 bits per heavy atom. The Hall–Kier alpha value is -2.05. The smallest absolute Gasteiger partial charge is 0.326 e. The van der Waals surface area contributed by atoms with E-state index in [1.807, 2.05) is 0 Å².